The largest absolute Gasteiger partial charge is 0.512 e. The lowest BCUT2D eigenvalue weighted by atomic mass is 9.85. The van der Waals surface area contributed by atoms with Crippen molar-refractivity contribution in [3.63, 3.8) is 0 Å². The van der Waals surface area contributed by atoms with E-state index in [-0.39, 0.29) is 11.8 Å². The fourth-order valence-corrected chi connectivity index (χ4v) is 8.61. The standard InChI is InChI=1S/C26H40NOP/c1-4-7-20-29(21-8-5-2,22-9-6-3)27-25-18-14-10-12-16-23(25)24-17-13-11-15-19-26(24)28/h10-17,19,23-24H,4-9,18,20-22H2,1-3H3/p+1/b27-25+. The molecular weight excluding hydrogens is 373 g/mol. The highest BCUT2D eigenvalue weighted by Crippen LogP contribution is 2.63. The molecule has 0 aromatic carbocycles. The monoisotopic (exact) mass is 414 g/mol. The van der Waals surface area contributed by atoms with E-state index in [0.717, 1.165) is 6.42 Å². The molecule has 0 spiro atoms. The van der Waals surface area contributed by atoms with Crippen molar-refractivity contribution in [2.45, 2.75) is 65.7 Å². The molecule has 0 aliphatic heterocycles. The van der Waals surface area contributed by atoms with Crippen molar-refractivity contribution in [1.82, 2.24) is 0 Å². The third-order valence-electron chi connectivity index (χ3n) is 5.94. The quantitative estimate of drug-likeness (QED) is 0.341. The number of hydrogen-bond donors (Lipinski definition) is 1. The summed E-state index contributed by atoms with van der Waals surface area (Å²) in [7, 11) is -1.37. The number of rotatable bonds is 11. The molecule has 0 bridgehead atoms. The highest BCUT2D eigenvalue weighted by Gasteiger charge is 2.38. The van der Waals surface area contributed by atoms with E-state index in [0.29, 0.717) is 5.76 Å². The normalized spacial score (nSPS) is 23.3. The molecule has 0 heterocycles. The van der Waals surface area contributed by atoms with Gasteiger partial charge in [-0.3, -0.25) is 0 Å². The third-order valence-corrected chi connectivity index (χ3v) is 10.1. The summed E-state index contributed by atoms with van der Waals surface area (Å²) in [5, 5.41) is 10.7. The Hall–Kier alpha value is -1.40. The lowest BCUT2D eigenvalue weighted by molar-refractivity contribution is 0.343. The van der Waals surface area contributed by atoms with E-state index in [4.69, 9.17) is 4.76 Å². The number of nitrogens with zero attached hydrogens (tertiary/aromatic N) is 1. The van der Waals surface area contributed by atoms with Gasteiger partial charge in [-0.25, -0.2) is 0 Å². The second-order valence-electron chi connectivity index (χ2n) is 8.35. The zero-order valence-electron chi connectivity index (χ0n) is 18.8. The van der Waals surface area contributed by atoms with Gasteiger partial charge in [0.15, 0.2) is 0 Å². The van der Waals surface area contributed by atoms with Crippen LogP contribution >= 0.6 is 7.41 Å². The van der Waals surface area contributed by atoms with Gasteiger partial charge in [-0.2, -0.15) is 0 Å². The fraction of sp³-hybridized carbons (Fsp3) is 0.577. The van der Waals surface area contributed by atoms with Gasteiger partial charge in [0.25, 0.3) is 0 Å². The average molecular weight is 415 g/mol. The first-order valence-electron chi connectivity index (χ1n) is 11.7. The van der Waals surface area contributed by atoms with Gasteiger partial charge < -0.3 is 5.11 Å². The highest BCUT2D eigenvalue weighted by atomic mass is 31.2. The van der Waals surface area contributed by atoms with Crippen molar-refractivity contribution in [2.24, 2.45) is 16.6 Å². The van der Waals surface area contributed by atoms with Gasteiger partial charge in [0.2, 0.25) is 0 Å². The van der Waals surface area contributed by atoms with Crippen molar-refractivity contribution in [3.05, 3.63) is 60.4 Å². The number of allylic oxidation sites excluding steroid dienone is 9. The summed E-state index contributed by atoms with van der Waals surface area (Å²) in [6.45, 7) is 6.90. The van der Waals surface area contributed by atoms with Crippen LogP contribution in [0.15, 0.2) is 65.2 Å². The summed E-state index contributed by atoms with van der Waals surface area (Å²) in [6.07, 6.45) is 31.1. The van der Waals surface area contributed by atoms with Crippen molar-refractivity contribution in [3.8, 4) is 0 Å². The Labute approximate surface area is 179 Å². The van der Waals surface area contributed by atoms with E-state index in [1.165, 1.54) is 62.7 Å². The Bertz CT molecular complexity index is 646. The molecule has 0 radical (unpaired) electrons. The third kappa shape index (κ3) is 7.41. The van der Waals surface area contributed by atoms with Crippen molar-refractivity contribution >= 4 is 13.1 Å². The maximum atomic E-state index is 10.7. The molecule has 2 aliphatic rings. The van der Waals surface area contributed by atoms with Crippen LogP contribution in [0, 0.1) is 11.8 Å². The first-order valence-corrected chi connectivity index (χ1v) is 14.0. The van der Waals surface area contributed by atoms with E-state index >= 15 is 0 Å². The molecule has 1 N–H and O–H groups in total. The first-order chi connectivity index (χ1) is 14.2. The minimum absolute atomic E-state index is 0.0228. The molecule has 0 amide bonds. The van der Waals surface area contributed by atoms with Gasteiger partial charge in [0.05, 0.1) is 24.2 Å². The van der Waals surface area contributed by atoms with Crippen molar-refractivity contribution < 1.29 is 5.11 Å². The van der Waals surface area contributed by atoms with E-state index in [1.807, 2.05) is 18.2 Å². The molecule has 2 nitrogen and oxygen atoms in total. The average Bonchev–Trinajstić information content (AvgIpc) is 3.08. The summed E-state index contributed by atoms with van der Waals surface area (Å²) in [5.74, 6) is 0.561. The smallest absolute Gasteiger partial charge is 0.132 e. The summed E-state index contributed by atoms with van der Waals surface area (Å²) < 4.78 is 5.69. The van der Waals surface area contributed by atoms with Gasteiger partial charge in [0, 0.05) is 18.3 Å². The number of aliphatic hydroxyl groups is 1. The van der Waals surface area contributed by atoms with E-state index in [1.54, 1.807) is 0 Å². The van der Waals surface area contributed by atoms with E-state index in [2.05, 4.69) is 57.2 Å². The van der Waals surface area contributed by atoms with Crippen molar-refractivity contribution in [1.29, 1.82) is 0 Å². The SMILES string of the molecule is CCCC[P+](CCCC)(CCCC)/N=C1\CC=CC=CC1C1C=CC=CC=C1O. The molecule has 0 saturated heterocycles. The fourth-order valence-electron chi connectivity index (χ4n) is 4.16. The Morgan fingerprint density at radius 2 is 1.41 bits per heavy atom. The lowest BCUT2D eigenvalue weighted by Gasteiger charge is -2.27. The van der Waals surface area contributed by atoms with Crippen LogP contribution in [0.3, 0.4) is 0 Å². The molecule has 0 fully saturated rings. The predicted molar refractivity (Wildman–Crippen MR) is 133 cm³/mol. The summed E-state index contributed by atoms with van der Waals surface area (Å²) in [4.78, 5) is 0. The number of hydrogen-bond acceptors (Lipinski definition) is 2. The van der Waals surface area contributed by atoms with Gasteiger partial charge in [-0.15, -0.1) is 4.76 Å². The lowest BCUT2D eigenvalue weighted by Crippen LogP contribution is -2.23. The Morgan fingerprint density at radius 1 is 0.828 bits per heavy atom. The minimum atomic E-state index is -1.37. The van der Waals surface area contributed by atoms with Crippen LogP contribution in [0.25, 0.3) is 0 Å². The van der Waals surface area contributed by atoms with Crippen molar-refractivity contribution in [2.75, 3.05) is 18.5 Å². The van der Waals surface area contributed by atoms with Crippen LogP contribution in [0.5, 0.6) is 0 Å². The Morgan fingerprint density at radius 3 is 2.03 bits per heavy atom. The topological polar surface area (TPSA) is 32.6 Å². The van der Waals surface area contributed by atoms with Crippen LogP contribution in [-0.4, -0.2) is 29.3 Å². The second kappa shape index (κ2) is 13.0. The number of unbranched alkanes of at least 4 members (excludes halogenated alkanes) is 3. The van der Waals surface area contributed by atoms with Crippen LogP contribution in [0.1, 0.15) is 65.7 Å². The summed E-state index contributed by atoms with van der Waals surface area (Å²) >= 11 is 0. The molecule has 3 heteroatoms. The van der Waals surface area contributed by atoms with Crippen LogP contribution in [0.2, 0.25) is 0 Å². The van der Waals surface area contributed by atoms with E-state index in [9.17, 15) is 5.11 Å². The summed E-state index contributed by atoms with van der Waals surface area (Å²) in [6, 6.07) is 0. The zero-order chi connectivity index (χ0) is 21.0. The Kier molecular flexibility index (Phi) is 10.7. The molecule has 2 unspecified atom stereocenters. The van der Waals surface area contributed by atoms with Gasteiger partial charge in [-0.1, -0.05) is 88.6 Å². The predicted octanol–water partition coefficient (Wildman–Crippen LogP) is 8.08. The maximum Gasteiger partial charge on any atom is 0.132 e. The maximum absolute atomic E-state index is 10.7. The summed E-state index contributed by atoms with van der Waals surface area (Å²) in [5.41, 5.74) is 1.28. The minimum Gasteiger partial charge on any atom is -0.512 e. The van der Waals surface area contributed by atoms with Crippen LogP contribution in [-0.2, 0) is 0 Å². The van der Waals surface area contributed by atoms with Crippen LogP contribution < -0.4 is 0 Å². The molecule has 0 saturated carbocycles. The van der Waals surface area contributed by atoms with Gasteiger partial charge >= 0.3 is 0 Å². The van der Waals surface area contributed by atoms with Crippen LogP contribution in [0.4, 0.5) is 0 Å². The molecule has 0 aromatic rings. The second-order valence-corrected chi connectivity index (χ2v) is 12.1. The highest BCUT2D eigenvalue weighted by molar-refractivity contribution is 7.74. The molecular formula is C26H41NOP+. The number of aliphatic hydroxyl groups excluding tert-OH is 1. The van der Waals surface area contributed by atoms with E-state index < -0.39 is 7.41 Å². The molecule has 160 valence electrons. The van der Waals surface area contributed by atoms with Gasteiger partial charge in [-0.05, 0) is 25.3 Å². The molecule has 29 heavy (non-hydrogen) atoms. The molecule has 0 aromatic heterocycles. The van der Waals surface area contributed by atoms with Gasteiger partial charge in [0.1, 0.15) is 13.2 Å². The molecule has 2 rings (SSSR count). The first kappa shape index (κ1) is 23.9. The Balaban J connectivity index is 2.44. The molecule has 2 aliphatic carbocycles. The molecule has 2 atom stereocenters. The zero-order valence-corrected chi connectivity index (χ0v) is 19.7.